The maximum absolute atomic E-state index is 11.2. The van der Waals surface area contributed by atoms with E-state index in [1.54, 1.807) is 12.1 Å². The van der Waals surface area contributed by atoms with Crippen molar-refractivity contribution in [2.24, 2.45) is 4.99 Å². The zero-order valence-electron chi connectivity index (χ0n) is 8.79. The molecule has 0 radical (unpaired) electrons. The van der Waals surface area contributed by atoms with Crippen LogP contribution in [0.25, 0.3) is 0 Å². The summed E-state index contributed by atoms with van der Waals surface area (Å²) in [6, 6.07) is 13.2. The first-order valence-electron chi connectivity index (χ1n) is 5.14. The van der Waals surface area contributed by atoms with Crippen molar-refractivity contribution in [3.63, 3.8) is 0 Å². The standard InChI is InChI=1S/C13H8AsNO2/c16-13(17)8-4-3-7-11-12(8)14-9-5-1-2-6-10(9)15-11/h1-7H,(H,16,17). The van der Waals surface area contributed by atoms with Crippen LogP contribution < -0.4 is 9.71 Å². The second kappa shape index (κ2) is 3.93. The van der Waals surface area contributed by atoms with E-state index >= 15 is 0 Å². The SMILES string of the molecule is O=C(O)c1cccc2c1=[As]c1ccccc1N=2. The van der Waals surface area contributed by atoms with E-state index < -0.39 is 5.97 Å². The number of nitrogens with zero attached hydrogens (tertiary/aromatic N) is 1. The first kappa shape index (κ1) is 10.4. The predicted molar refractivity (Wildman–Crippen MR) is 64.9 cm³/mol. The van der Waals surface area contributed by atoms with Crippen LogP contribution in [0.15, 0.2) is 47.5 Å². The Hall–Kier alpha value is -1.73. The molecular weight excluding hydrogens is 277 g/mol. The molecule has 0 saturated heterocycles. The van der Waals surface area contributed by atoms with E-state index in [0.717, 1.165) is 15.0 Å². The molecule has 3 rings (SSSR count). The summed E-state index contributed by atoms with van der Waals surface area (Å²) < 4.78 is 2.07. The van der Waals surface area contributed by atoms with Crippen molar-refractivity contribution in [2.75, 3.05) is 0 Å². The van der Waals surface area contributed by atoms with Crippen LogP contribution >= 0.6 is 0 Å². The summed E-state index contributed by atoms with van der Waals surface area (Å²) in [7, 11) is 0. The Bertz CT molecular complexity index is 737. The van der Waals surface area contributed by atoms with Gasteiger partial charge in [-0.25, -0.2) is 0 Å². The van der Waals surface area contributed by atoms with Crippen LogP contribution in [0.5, 0.6) is 0 Å². The van der Waals surface area contributed by atoms with E-state index in [0.29, 0.717) is 5.56 Å². The number of carboxylic acids is 1. The molecule has 1 aliphatic rings. The monoisotopic (exact) mass is 285 g/mol. The fraction of sp³-hybridized carbons (Fsp3) is 0. The number of aromatic carboxylic acids is 1. The number of fused-ring (bicyclic) bond motifs is 2. The summed E-state index contributed by atoms with van der Waals surface area (Å²) in [6.07, 6.45) is 0. The average Bonchev–Trinajstić information content (AvgIpc) is 2.35. The molecule has 2 aromatic rings. The summed E-state index contributed by atoms with van der Waals surface area (Å²) in [5.41, 5.74) is 1.36. The minimum absolute atomic E-state index is 0.293. The molecule has 4 heteroatoms. The van der Waals surface area contributed by atoms with Crippen molar-refractivity contribution in [3.05, 3.63) is 57.3 Å². The van der Waals surface area contributed by atoms with Gasteiger partial charge in [0.1, 0.15) is 0 Å². The fourth-order valence-corrected chi connectivity index (χ4v) is 4.27. The maximum atomic E-state index is 11.2. The van der Waals surface area contributed by atoms with Crippen molar-refractivity contribution < 1.29 is 9.90 Å². The van der Waals surface area contributed by atoms with E-state index in [1.165, 1.54) is 4.35 Å². The Morgan fingerprint density at radius 1 is 1.12 bits per heavy atom. The molecule has 0 aromatic heterocycles. The van der Waals surface area contributed by atoms with E-state index in [-0.39, 0.29) is 15.3 Å². The molecule has 82 valence electrons. The number of rotatable bonds is 1. The van der Waals surface area contributed by atoms with Crippen LogP contribution in [0.1, 0.15) is 10.4 Å². The third-order valence-corrected chi connectivity index (χ3v) is 5.35. The number of hydrogen-bond acceptors (Lipinski definition) is 2. The number of benzene rings is 2. The van der Waals surface area contributed by atoms with Crippen LogP contribution in [-0.2, 0) is 0 Å². The summed E-state index contributed by atoms with van der Waals surface area (Å²) >= 11 is -0.293. The third kappa shape index (κ3) is 1.73. The van der Waals surface area contributed by atoms with Crippen LogP contribution in [0.2, 0.25) is 0 Å². The molecule has 0 amide bonds. The molecule has 0 spiro atoms. The number of carboxylic acid groups (broad SMARTS) is 1. The molecule has 1 aliphatic heterocycles. The van der Waals surface area contributed by atoms with Gasteiger partial charge < -0.3 is 0 Å². The molecule has 1 heterocycles. The van der Waals surface area contributed by atoms with Crippen LogP contribution in [0.3, 0.4) is 0 Å². The number of carbonyl (C=O) groups is 1. The van der Waals surface area contributed by atoms with Crippen molar-refractivity contribution in [1.29, 1.82) is 0 Å². The van der Waals surface area contributed by atoms with Gasteiger partial charge in [0.05, 0.1) is 0 Å². The Labute approximate surface area is 104 Å². The first-order chi connectivity index (χ1) is 8.25. The molecular formula is C13H8AsNO2. The van der Waals surface area contributed by atoms with Gasteiger partial charge in [0.25, 0.3) is 0 Å². The molecule has 0 unspecified atom stereocenters. The topological polar surface area (TPSA) is 49.7 Å². The molecule has 17 heavy (non-hydrogen) atoms. The Kier molecular flexibility index (Phi) is 2.41. The van der Waals surface area contributed by atoms with Crippen molar-refractivity contribution >= 4 is 31.3 Å². The summed E-state index contributed by atoms with van der Waals surface area (Å²) in [6.45, 7) is 0. The van der Waals surface area contributed by atoms with E-state index in [2.05, 4.69) is 4.99 Å². The number of para-hydroxylation sites is 1. The molecule has 0 atom stereocenters. The van der Waals surface area contributed by atoms with Crippen LogP contribution in [0, 0.1) is 3.95 Å². The molecule has 2 aromatic carbocycles. The molecule has 0 saturated carbocycles. The van der Waals surface area contributed by atoms with E-state index in [1.807, 2.05) is 30.3 Å². The Morgan fingerprint density at radius 3 is 2.76 bits per heavy atom. The summed E-state index contributed by atoms with van der Waals surface area (Å²) in [5, 5.41) is 9.97. The molecule has 0 fully saturated rings. The minimum atomic E-state index is -0.869. The summed E-state index contributed by atoms with van der Waals surface area (Å²) in [5.74, 6) is -0.869. The van der Waals surface area contributed by atoms with Gasteiger partial charge in [0.2, 0.25) is 0 Å². The second-order valence-electron chi connectivity index (χ2n) is 3.69. The normalized spacial score (nSPS) is 12.7. The fourth-order valence-electron chi connectivity index (χ4n) is 1.82. The zero-order valence-corrected chi connectivity index (χ0v) is 10.7. The molecule has 1 N–H and O–H groups in total. The van der Waals surface area contributed by atoms with E-state index in [9.17, 15) is 4.79 Å². The zero-order chi connectivity index (χ0) is 11.8. The predicted octanol–water partition coefficient (Wildman–Crippen LogP) is 0.930. The average molecular weight is 285 g/mol. The molecule has 0 bridgehead atoms. The van der Waals surface area contributed by atoms with Gasteiger partial charge in [0.15, 0.2) is 0 Å². The van der Waals surface area contributed by atoms with Gasteiger partial charge in [-0.15, -0.1) is 0 Å². The van der Waals surface area contributed by atoms with Gasteiger partial charge in [-0.1, -0.05) is 0 Å². The molecule has 0 aliphatic carbocycles. The van der Waals surface area contributed by atoms with Crippen molar-refractivity contribution in [3.8, 4) is 0 Å². The van der Waals surface area contributed by atoms with Gasteiger partial charge in [-0.05, 0) is 0 Å². The van der Waals surface area contributed by atoms with Crippen LogP contribution in [0.4, 0.5) is 5.69 Å². The Morgan fingerprint density at radius 2 is 1.94 bits per heavy atom. The van der Waals surface area contributed by atoms with Gasteiger partial charge in [0, 0.05) is 0 Å². The molecule has 3 nitrogen and oxygen atoms in total. The third-order valence-electron chi connectivity index (χ3n) is 2.60. The van der Waals surface area contributed by atoms with Crippen molar-refractivity contribution in [2.45, 2.75) is 0 Å². The van der Waals surface area contributed by atoms with Crippen LogP contribution in [-0.4, -0.2) is 26.4 Å². The number of hydrogen-bond donors (Lipinski definition) is 1. The second-order valence-corrected chi connectivity index (χ2v) is 6.11. The summed E-state index contributed by atoms with van der Waals surface area (Å²) in [4.78, 5) is 15.7. The van der Waals surface area contributed by atoms with Gasteiger partial charge >= 0.3 is 104 Å². The van der Waals surface area contributed by atoms with E-state index in [4.69, 9.17) is 5.11 Å². The van der Waals surface area contributed by atoms with Gasteiger partial charge in [-0.2, -0.15) is 0 Å². The first-order valence-corrected chi connectivity index (χ1v) is 7.02. The van der Waals surface area contributed by atoms with Gasteiger partial charge in [-0.3, -0.25) is 0 Å². The Balaban J connectivity index is 2.40. The van der Waals surface area contributed by atoms with Crippen molar-refractivity contribution in [1.82, 2.24) is 0 Å². The quantitative estimate of drug-likeness (QED) is 0.676.